The molecule has 0 radical (unpaired) electrons. The van der Waals surface area contributed by atoms with Crippen LogP contribution in [0.1, 0.15) is 32.1 Å². The van der Waals surface area contributed by atoms with E-state index in [2.05, 4.69) is 4.99 Å². The van der Waals surface area contributed by atoms with Crippen LogP contribution in [-0.2, 0) is 0 Å². The number of amidine groups is 1. The highest BCUT2D eigenvalue weighted by Crippen LogP contribution is 2.28. The van der Waals surface area contributed by atoms with Gasteiger partial charge >= 0.3 is 0 Å². The summed E-state index contributed by atoms with van der Waals surface area (Å²) in [6.07, 6.45) is 6.24. The molecule has 1 fully saturated rings. The van der Waals surface area contributed by atoms with Gasteiger partial charge in [0.25, 0.3) is 0 Å². The monoisotopic (exact) mass is 200 g/mol. The maximum absolute atomic E-state index is 7.47. The normalized spacial score (nSPS) is 18.2. The lowest BCUT2D eigenvalue weighted by Crippen LogP contribution is -2.24. The Kier molecular flexibility index (Phi) is 4.08. The van der Waals surface area contributed by atoms with Gasteiger partial charge in [-0.25, -0.2) is 0 Å². The Balaban J connectivity index is 2.30. The number of guanidine groups is 1. The van der Waals surface area contributed by atoms with E-state index >= 15 is 0 Å². The van der Waals surface area contributed by atoms with Gasteiger partial charge in [-0.3, -0.25) is 5.41 Å². The number of nitrogens with one attached hydrogen (secondary N) is 1. The van der Waals surface area contributed by atoms with E-state index in [0.29, 0.717) is 5.25 Å². The van der Waals surface area contributed by atoms with Gasteiger partial charge in [-0.1, -0.05) is 31.0 Å². The molecule has 74 valence electrons. The summed E-state index contributed by atoms with van der Waals surface area (Å²) in [5.41, 5.74) is 10.3. The average molecular weight is 200 g/mol. The molecular formula is C8H16N4S. The summed E-state index contributed by atoms with van der Waals surface area (Å²) in [4.78, 5) is 3.69. The minimum Gasteiger partial charge on any atom is -0.370 e. The second-order valence-corrected chi connectivity index (χ2v) is 4.51. The van der Waals surface area contributed by atoms with Crippen LogP contribution in [0.15, 0.2) is 4.99 Å². The first-order valence-electron chi connectivity index (χ1n) is 4.53. The SMILES string of the molecule is N=C(N=C(N)N)SC1CCCCC1. The zero-order valence-electron chi connectivity index (χ0n) is 7.62. The highest BCUT2D eigenvalue weighted by Gasteiger charge is 2.15. The van der Waals surface area contributed by atoms with Crippen LogP contribution in [0, 0.1) is 5.41 Å². The minimum absolute atomic E-state index is 0.0201. The largest absolute Gasteiger partial charge is 0.370 e. The molecule has 5 N–H and O–H groups in total. The second kappa shape index (κ2) is 5.11. The summed E-state index contributed by atoms with van der Waals surface area (Å²) < 4.78 is 0. The second-order valence-electron chi connectivity index (χ2n) is 3.22. The standard InChI is InChI=1S/C8H16N4S/c9-7(10)12-8(11)13-6-4-2-1-3-5-6/h6H,1-5H2,(H5,9,10,11,12). The number of hydrogen-bond donors (Lipinski definition) is 3. The highest BCUT2D eigenvalue weighted by atomic mass is 32.2. The Morgan fingerprint density at radius 1 is 1.23 bits per heavy atom. The Hall–Kier alpha value is -0.710. The van der Waals surface area contributed by atoms with Crippen LogP contribution in [0.4, 0.5) is 0 Å². The summed E-state index contributed by atoms with van der Waals surface area (Å²) in [5, 5.41) is 8.26. The molecule has 1 aliphatic rings. The number of nitrogens with two attached hydrogens (primary N) is 2. The molecule has 0 unspecified atom stereocenters. The van der Waals surface area contributed by atoms with Crippen molar-refractivity contribution in [1.29, 1.82) is 5.41 Å². The first-order valence-corrected chi connectivity index (χ1v) is 5.41. The van der Waals surface area contributed by atoms with Crippen LogP contribution in [-0.4, -0.2) is 16.4 Å². The summed E-state index contributed by atoms with van der Waals surface area (Å²) in [5.74, 6) is -0.0201. The van der Waals surface area contributed by atoms with E-state index in [1.54, 1.807) is 0 Å². The zero-order valence-corrected chi connectivity index (χ0v) is 8.44. The molecule has 1 rings (SSSR count). The van der Waals surface area contributed by atoms with E-state index < -0.39 is 0 Å². The van der Waals surface area contributed by atoms with Crippen molar-refractivity contribution < 1.29 is 0 Å². The third-order valence-corrected chi connectivity index (χ3v) is 3.18. The minimum atomic E-state index is -0.0201. The molecule has 5 heteroatoms. The third-order valence-electron chi connectivity index (χ3n) is 2.06. The van der Waals surface area contributed by atoms with E-state index in [0.717, 1.165) is 0 Å². The zero-order chi connectivity index (χ0) is 9.68. The van der Waals surface area contributed by atoms with Gasteiger partial charge in [0, 0.05) is 5.25 Å². The van der Waals surface area contributed by atoms with Crippen molar-refractivity contribution in [2.75, 3.05) is 0 Å². The van der Waals surface area contributed by atoms with Gasteiger partial charge < -0.3 is 11.5 Å². The summed E-state index contributed by atoms with van der Waals surface area (Å²) in [6.45, 7) is 0. The lowest BCUT2D eigenvalue weighted by molar-refractivity contribution is 0.517. The van der Waals surface area contributed by atoms with Gasteiger partial charge in [-0.2, -0.15) is 4.99 Å². The smallest absolute Gasteiger partial charge is 0.193 e. The molecule has 13 heavy (non-hydrogen) atoms. The van der Waals surface area contributed by atoms with Gasteiger partial charge in [-0.05, 0) is 12.8 Å². The Morgan fingerprint density at radius 3 is 2.38 bits per heavy atom. The number of rotatable bonds is 1. The van der Waals surface area contributed by atoms with Crippen molar-refractivity contribution in [3.05, 3.63) is 0 Å². The van der Waals surface area contributed by atoms with E-state index in [4.69, 9.17) is 16.9 Å². The Morgan fingerprint density at radius 2 is 1.85 bits per heavy atom. The van der Waals surface area contributed by atoms with E-state index in [1.165, 1.54) is 43.9 Å². The predicted octanol–water partition coefficient (Wildman–Crippen LogP) is 1.26. The van der Waals surface area contributed by atoms with Gasteiger partial charge in [0.05, 0.1) is 0 Å². The van der Waals surface area contributed by atoms with Gasteiger partial charge in [-0.15, -0.1) is 0 Å². The maximum Gasteiger partial charge on any atom is 0.193 e. The number of thioether (sulfide) groups is 1. The summed E-state index contributed by atoms with van der Waals surface area (Å²) in [7, 11) is 0. The molecular weight excluding hydrogens is 184 g/mol. The Labute approximate surface area is 82.7 Å². The van der Waals surface area contributed by atoms with Gasteiger partial charge in [0.15, 0.2) is 11.1 Å². The average Bonchev–Trinajstić information content (AvgIpc) is 2.04. The Bertz CT molecular complexity index is 204. The fourth-order valence-electron chi connectivity index (χ4n) is 1.48. The van der Waals surface area contributed by atoms with Gasteiger partial charge in [0.1, 0.15) is 0 Å². The quantitative estimate of drug-likeness (QED) is 0.440. The number of aliphatic imine (C=N–C) groups is 1. The molecule has 1 saturated carbocycles. The number of hydrogen-bond acceptors (Lipinski definition) is 2. The molecule has 0 saturated heterocycles. The summed E-state index contributed by atoms with van der Waals surface area (Å²) in [6, 6.07) is 0. The van der Waals surface area contributed by atoms with Gasteiger partial charge in [0.2, 0.25) is 0 Å². The fourth-order valence-corrected chi connectivity index (χ4v) is 2.53. The van der Waals surface area contributed by atoms with Crippen molar-refractivity contribution >= 4 is 22.9 Å². The van der Waals surface area contributed by atoms with Crippen molar-refractivity contribution in [3.8, 4) is 0 Å². The molecule has 0 bridgehead atoms. The van der Waals surface area contributed by atoms with Crippen LogP contribution >= 0.6 is 11.8 Å². The third kappa shape index (κ3) is 4.17. The topological polar surface area (TPSA) is 88.2 Å². The fraction of sp³-hybridized carbons (Fsp3) is 0.750. The molecule has 0 heterocycles. The van der Waals surface area contributed by atoms with Crippen molar-refractivity contribution in [2.24, 2.45) is 16.5 Å². The van der Waals surface area contributed by atoms with E-state index in [9.17, 15) is 0 Å². The summed E-state index contributed by atoms with van der Waals surface area (Å²) >= 11 is 1.48. The lowest BCUT2D eigenvalue weighted by atomic mass is 10.0. The predicted molar refractivity (Wildman–Crippen MR) is 58.0 cm³/mol. The first-order chi connectivity index (χ1) is 6.18. The number of nitrogens with zero attached hydrogens (tertiary/aromatic N) is 1. The van der Waals surface area contributed by atoms with Crippen molar-refractivity contribution in [1.82, 2.24) is 0 Å². The molecule has 0 atom stereocenters. The molecule has 4 nitrogen and oxygen atoms in total. The van der Waals surface area contributed by atoms with Crippen LogP contribution in [0.5, 0.6) is 0 Å². The lowest BCUT2D eigenvalue weighted by Gasteiger charge is -2.19. The first kappa shape index (κ1) is 10.4. The van der Waals surface area contributed by atoms with Crippen molar-refractivity contribution in [3.63, 3.8) is 0 Å². The maximum atomic E-state index is 7.47. The van der Waals surface area contributed by atoms with Crippen LogP contribution in [0.25, 0.3) is 0 Å². The van der Waals surface area contributed by atoms with Crippen LogP contribution in [0.2, 0.25) is 0 Å². The highest BCUT2D eigenvalue weighted by molar-refractivity contribution is 8.14. The van der Waals surface area contributed by atoms with Crippen molar-refractivity contribution in [2.45, 2.75) is 37.4 Å². The molecule has 0 aromatic carbocycles. The molecule has 0 spiro atoms. The molecule has 0 aromatic heterocycles. The molecule has 0 amide bonds. The van der Waals surface area contributed by atoms with Crippen LogP contribution < -0.4 is 11.5 Å². The van der Waals surface area contributed by atoms with E-state index in [-0.39, 0.29) is 11.1 Å². The van der Waals surface area contributed by atoms with E-state index in [1.807, 2.05) is 0 Å². The molecule has 0 aliphatic heterocycles. The molecule has 0 aromatic rings. The van der Waals surface area contributed by atoms with Crippen LogP contribution in [0.3, 0.4) is 0 Å². The molecule has 1 aliphatic carbocycles.